The molecule has 1 aromatic rings. The number of hydrogen-bond acceptors (Lipinski definition) is 5. The zero-order valence-electron chi connectivity index (χ0n) is 13.3. The molecule has 1 amide bonds. The van der Waals surface area contributed by atoms with E-state index in [0.717, 1.165) is 25.5 Å². The van der Waals surface area contributed by atoms with Crippen LogP contribution in [0.1, 0.15) is 36.0 Å². The smallest absolute Gasteiger partial charge is 0.252 e. The number of pyridine rings is 1. The quantitative estimate of drug-likeness (QED) is 0.856. The molecule has 6 heteroatoms. The van der Waals surface area contributed by atoms with Crippen molar-refractivity contribution in [1.82, 2.24) is 15.2 Å². The molecular formula is C17H24N4O2. The standard InChI is InChI=1S/C17H24N4O2/c22-17(12-3-6-16(18-8-12)20-13-4-5-13)19-9-15-10-21-7-1-2-14(21)11-23-15/h3,6,8,13-15H,1-2,4-5,7,9-11H2,(H,18,20)(H,19,22)/t14-,15+/m0/s1. The molecule has 1 saturated carbocycles. The van der Waals surface area contributed by atoms with Crippen molar-refractivity contribution in [2.45, 2.75) is 43.9 Å². The second-order valence-corrected chi connectivity index (χ2v) is 6.81. The highest BCUT2D eigenvalue weighted by atomic mass is 16.5. The first-order chi connectivity index (χ1) is 11.3. The van der Waals surface area contributed by atoms with E-state index in [2.05, 4.69) is 20.5 Å². The fourth-order valence-corrected chi connectivity index (χ4v) is 3.37. The number of ether oxygens (including phenoxy) is 1. The molecule has 0 bridgehead atoms. The molecule has 0 spiro atoms. The minimum atomic E-state index is -0.0809. The fraction of sp³-hybridized carbons (Fsp3) is 0.647. The number of aromatic nitrogens is 1. The summed E-state index contributed by atoms with van der Waals surface area (Å²) in [5.41, 5.74) is 0.598. The Bertz CT molecular complexity index is 558. The number of hydrogen-bond donors (Lipinski definition) is 2. The van der Waals surface area contributed by atoms with Gasteiger partial charge in [-0.3, -0.25) is 9.69 Å². The van der Waals surface area contributed by atoms with E-state index >= 15 is 0 Å². The second kappa shape index (κ2) is 6.45. The Morgan fingerprint density at radius 3 is 3.04 bits per heavy atom. The highest BCUT2D eigenvalue weighted by molar-refractivity contribution is 5.94. The van der Waals surface area contributed by atoms with Gasteiger partial charge < -0.3 is 15.4 Å². The molecule has 1 aromatic heterocycles. The maximum absolute atomic E-state index is 12.2. The molecule has 1 aliphatic carbocycles. The van der Waals surface area contributed by atoms with Crippen LogP contribution in [0.4, 0.5) is 5.82 Å². The average Bonchev–Trinajstić information content (AvgIpc) is 3.27. The van der Waals surface area contributed by atoms with Gasteiger partial charge in [0.2, 0.25) is 0 Å². The Balaban J connectivity index is 1.26. The van der Waals surface area contributed by atoms with Crippen LogP contribution < -0.4 is 10.6 Å². The van der Waals surface area contributed by atoms with Crippen LogP contribution in [0.3, 0.4) is 0 Å². The lowest BCUT2D eigenvalue weighted by Gasteiger charge is -2.35. The molecule has 3 heterocycles. The molecule has 2 atom stereocenters. The Morgan fingerprint density at radius 2 is 2.26 bits per heavy atom. The van der Waals surface area contributed by atoms with Gasteiger partial charge in [-0.1, -0.05) is 0 Å². The van der Waals surface area contributed by atoms with Gasteiger partial charge >= 0.3 is 0 Å². The van der Waals surface area contributed by atoms with E-state index < -0.39 is 0 Å². The van der Waals surface area contributed by atoms with Crippen LogP contribution in [-0.4, -0.2) is 60.2 Å². The van der Waals surface area contributed by atoms with Crippen molar-refractivity contribution in [1.29, 1.82) is 0 Å². The third-order valence-corrected chi connectivity index (χ3v) is 4.91. The molecule has 0 unspecified atom stereocenters. The van der Waals surface area contributed by atoms with Crippen LogP contribution >= 0.6 is 0 Å². The van der Waals surface area contributed by atoms with Crippen LogP contribution in [-0.2, 0) is 4.74 Å². The number of nitrogens with zero attached hydrogens (tertiary/aromatic N) is 2. The zero-order valence-corrected chi connectivity index (χ0v) is 13.3. The molecule has 2 aliphatic heterocycles. The summed E-state index contributed by atoms with van der Waals surface area (Å²) in [4.78, 5) is 19.0. The number of nitrogens with one attached hydrogen (secondary N) is 2. The van der Waals surface area contributed by atoms with Gasteiger partial charge in [0.05, 0.1) is 18.3 Å². The molecule has 2 N–H and O–H groups in total. The molecule has 6 nitrogen and oxygen atoms in total. The minimum absolute atomic E-state index is 0.0809. The van der Waals surface area contributed by atoms with Gasteiger partial charge in [0, 0.05) is 31.4 Å². The van der Waals surface area contributed by atoms with Gasteiger partial charge in [-0.25, -0.2) is 4.98 Å². The summed E-state index contributed by atoms with van der Waals surface area (Å²) in [6.07, 6.45) is 6.66. The summed E-state index contributed by atoms with van der Waals surface area (Å²) in [5.74, 6) is 0.766. The highest BCUT2D eigenvalue weighted by Crippen LogP contribution is 2.24. The maximum Gasteiger partial charge on any atom is 0.252 e. The fourth-order valence-electron chi connectivity index (χ4n) is 3.37. The number of carbonyl (C=O) groups is 1. The first-order valence-corrected chi connectivity index (χ1v) is 8.64. The maximum atomic E-state index is 12.2. The average molecular weight is 316 g/mol. The minimum Gasteiger partial charge on any atom is -0.373 e. The molecule has 4 rings (SSSR count). The third kappa shape index (κ3) is 3.64. The molecule has 3 aliphatic rings. The van der Waals surface area contributed by atoms with E-state index in [1.165, 1.54) is 25.7 Å². The second-order valence-electron chi connectivity index (χ2n) is 6.81. The van der Waals surface area contributed by atoms with Gasteiger partial charge in [-0.2, -0.15) is 0 Å². The molecule has 0 aromatic carbocycles. The molecule has 3 fully saturated rings. The van der Waals surface area contributed by atoms with E-state index in [0.29, 0.717) is 24.2 Å². The number of anilines is 1. The topological polar surface area (TPSA) is 66.5 Å². The molecular weight excluding hydrogens is 292 g/mol. The number of morpholine rings is 1. The molecule has 2 saturated heterocycles. The van der Waals surface area contributed by atoms with E-state index in [4.69, 9.17) is 4.74 Å². The predicted molar refractivity (Wildman–Crippen MR) is 87.5 cm³/mol. The Morgan fingerprint density at radius 1 is 1.35 bits per heavy atom. The van der Waals surface area contributed by atoms with Crippen molar-refractivity contribution in [3.63, 3.8) is 0 Å². The predicted octanol–water partition coefficient (Wildman–Crippen LogP) is 1.25. The van der Waals surface area contributed by atoms with Crippen molar-refractivity contribution < 1.29 is 9.53 Å². The molecule has 0 radical (unpaired) electrons. The molecule has 124 valence electrons. The Labute approximate surface area is 136 Å². The third-order valence-electron chi connectivity index (χ3n) is 4.91. The first-order valence-electron chi connectivity index (χ1n) is 8.64. The van der Waals surface area contributed by atoms with E-state index in [1.807, 2.05) is 12.1 Å². The van der Waals surface area contributed by atoms with Gasteiger partial charge in [-0.15, -0.1) is 0 Å². The lowest BCUT2D eigenvalue weighted by molar-refractivity contribution is -0.0461. The van der Waals surface area contributed by atoms with Crippen LogP contribution in [0.2, 0.25) is 0 Å². The summed E-state index contributed by atoms with van der Waals surface area (Å²) in [5, 5.41) is 6.29. The van der Waals surface area contributed by atoms with E-state index in [9.17, 15) is 4.79 Å². The molecule has 23 heavy (non-hydrogen) atoms. The van der Waals surface area contributed by atoms with Crippen molar-refractivity contribution in [3.05, 3.63) is 23.9 Å². The van der Waals surface area contributed by atoms with Crippen LogP contribution in [0.15, 0.2) is 18.3 Å². The SMILES string of the molecule is O=C(NC[C@@H]1CN2CCC[C@H]2CO1)c1ccc(NC2CC2)nc1. The number of amides is 1. The largest absolute Gasteiger partial charge is 0.373 e. The van der Waals surface area contributed by atoms with Crippen LogP contribution in [0.5, 0.6) is 0 Å². The monoisotopic (exact) mass is 316 g/mol. The van der Waals surface area contributed by atoms with Crippen molar-refractivity contribution >= 4 is 11.7 Å². The summed E-state index contributed by atoms with van der Waals surface area (Å²) < 4.78 is 5.87. The first kappa shape index (κ1) is 14.9. The Kier molecular flexibility index (Phi) is 4.18. The zero-order chi connectivity index (χ0) is 15.6. The summed E-state index contributed by atoms with van der Waals surface area (Å²) in [6, 6.07) is 4.86. The van der Waals surface area contributed by atoms with E-state index in [1.54, 1.807) is 6.20 Å². The van der Waals surface area contributed by atoms with Crippen molar-refractivity contribution in [2.24, 2.45) is 0 Å². The summed E-state index contributed by atoms with van der Waals surface area (Å²) in [7, 11) is 0. The Hall–Kier alpha value is -1.66. The van der Waals surface area contributed by atoms with Gasteiger partial charge in [0.15, 0.2) is 0 Å². The lowest BCUT2D eigenvalue weighted by atomic mass is 10.2. The number of rotatable bonds is 5. The highest BCUT2D eigenvalue weighted by Gasteiger charge is 2.32. The number of carbonyl (C=O) groups excluding carboxylic acids is 1. The number of fused-ring (bicyclic) bond motifs is 1. The van der Waals surface area contributed by atoms with Gasteiger partial charge in [-0.05, 0) is 44.4 Å². The van der Waals surface area contributed by atoms with Gasteiger partial charge in [0.1, 0.15) is 5.82 Å². The summed E-state index contributed by atoms with van der Waals surface area (Å²) >= 11 is 0. The van der Waals surface area contributed by atoms with Crippen LogP contribution in [0, 0.1) is 0 Å². The van der Waals surface area contributed by atoms with Crippen molar-refractivity contribution in [3.8, 4) is 0 Å². The normalized spacial score (nSPS) is 27.5. The van der Waals surface area contributed by atoms with Crippen molar-refractivity contribution in [2.75, 3.05) is 31.6 Å². The van der Waals surface area contributed by atoms with Gasteiger partial charge in [0.25, 0.3) is 5.91 Å². The summed E-state index contributed by atoms with van der Waals surface area (Å²) in [6.45, 7) is 3.44. The van der Waals surface area contributed by atoms with E-state index in [-0.39, 0.29) is 12.0 Å². The van der Waals surface area contributed by atoms with Crippen LogP contribution in [0.25, 0.3) is 0 Å². The lowest BCUT2D eigenvalue weighted by Crippen LogP contribution is -2.50.